The molecule has 0 amide bonds. The number of hydrogen-bond donors (Lipinski definition) is 0. The molecule has 446 valence electrons. The van der Waals surface area contributed by atoms with Gasteiger partial charge in [0.25, 0.3) is 0 Å². The summed E-state index contributed by atoms with van der Waals surface area (Å²) in [5.41, 5.74) is 23.1. The van der Waals surface area contributed by atoms with Crippen LogP contribution in [0.2, 0.25) is 13.1 Å². The minimum absolute atomic E-state index is 0.0403. The van der Waals surface area contributed by atoms with Crippen LogP contribution in [-0.2, 0) is 27.1 Å². The van der Waals surface area contributed by atoms with Crippen molar-refractivity contribution in [1.29, 1.82) is 0 Å². The molecule has 1 aliphatic heterocycles. The van der Waals surface area contributed by atoms with E-state index in [0.29, 0.717) is 0 Å². The van der Waals surface area contributed by atoms with Crippen molar-refractivity contribution in [2.45, 2.75) is 123 Å². The fourth-order valence-electron chi connectivity index (χ4n) is 15.1. The topological polar surface area (TPSA) is 32.8 Å². The van der Waals surface area contributed by atoms with Crippen molar-refractivity contribution >= 4 is 96.4 Å². The van der Waals surface area contributed by atoms with E-state index in [-0.39, 0.29) is 21.7 Å². The van der Waals surface area contributed by atoms with Gasteiger partial charge in [0.15, 0.2) is 5.58 Å². The van der Waals surface area contributed by atoms with Crippen LogP contribution in [0.3, 0.4) is 0 Å². The van der Waals surface area contributed by atoms with Crippen LogP contribution >= 0.6 is 0 Å². The van der Waals surface area contributed by atoms with Gasteiger partial charge in [-0.25, -0.2) is 0 Å². The molecule has 0 saturated carbocycles. The first-order valence-corrected chi connectivity index (χ1v) is 35.2. The molecule has 0 saturated heterocycles. The SMILES string of the molecule is CC(C)(C)c1ccc(N(c2ccccc2)c2cc3c(c4c2oc2ccccc24)-c2c(cc(N(c4ccccc4)c4ccc(C(C)(C)C)cc4)c4c2oc2ccccc24)C3(c2ccc(C(C)(C)C)cc2)c2ccc3c(c2)-c2cc(C(C)(C)C)ccc2[Si]3(C)C)cc1. The molecule has 11 aromatic carbocycles. The van der Waals surface area contributed by atoms with Gasteiger partial charge in [-0.15, -0.1) is 0 Å². The second-order valence-corrected chi connectivity index (χ2v) is 34.5. The predicted molar refractivity (Wildman–Crippen MR) is 385 cm³/mol. The second kappa shape index (κ2) is 20.2. The first-order valence-electron chi connectivity index (χ1n) is 32.2. The summed E-state index contributed by atoms with van der Waals surface area (Å²) in [6.07, 6.45) is 0. The molecule has 0 fully saturated rings. The lowest BCUT2D eigenvalue weighted by Gasteiger charge is -2.37. The van der Waals surface area contributed by atoms with Gasteiger partial charge in [-0.3, -0.25) is 0 Å². The van der Waals surface area contributed by atoms with Crippen LogP contribution in [-0.4, -0.2) is 8.07 Å². The quantitative estimate of drug-likeness (QED) is 0.142. The van der Waals surface area contributed by atoms with E-state index in [2.05, 4.69) is 337 Å². The second-order valence-electron chi connectivity index (χ2n) is 30.1. The highest BCUT2D eigenvalue weighted by molar-refractivity contribution is 7.03. The van der Waals surface area contributed by atoms with E-state index in [0.717, 1.165) is 94.7 Å². The molecule has 1 atom stereocenters. The molecular weight excluding hydrogens is 1110 g/mol. The summed E-state index contributed by atoms with van der Waals surface area (Å²) >= 11 is 0. The Morgan fingerprint density at radius 2 is 0.722 bits per heavy atom. The lowest BCUT2D eigenvalue weighted by Crippen LogP contribution is -2.49. The van der Waals surface area contributed by atoms with Crippen LogP contribution in [0.25, 0.3) is 66.1 Å². The molecule has 0 bridgehead atoms. The molecule has 0 N–H and O–H groups in total. The summed E-state index contributed by atoms with van der Waals surface area (Å²) in [5.74, 6) is 0. The van der Waals surface area contributed by atoms with Gasteiger partial charge in [-0.2, -0.15) is 0 Å². The Bertz CT molecular complexity index is 4980. The van der Waals surface area contributed by atoms with Crippen LogP contribution in [0, 0.1) is 0 Å². The molecule has 4 nitrogen and oxygen atoms in total. The van der Waals surface area contributed by atoms with Gasteiger partial charge < -0.3 is 18.6 Å². The third-order valence-corrected chi connectivity index (χ3v) is 23.5. The minimum Gasteiger partial charge on any atom is -0.455 e. The number of benzene rings is 11. The smallest absolute Gasteiger partial charge is 0.160 e. The number of rotatable bonds is 8. The van der Waals surface area contributed by atoms with E-state index >= 15 is 0 Å². The first-order chi connectivity index (χ1) is 42.9. The molecule has 2 aliphatic rings. The Kier molecular flexibility index (Phi) is 12.8. The third kappa shape index (κ3) is 8.81. The Balaban J connectivity index is 1.17. The molecule has 90 heavy (non-hydrogen) atoms. The van der Waals surface area contributed by atoms with E-state index in [1.807, 2.05) is 0 Å². The van der Waals surface area contributed by atoms with Crippen LogP contribution < -0.4 is 20.2 Å². The fourth-order valence-corrected chi connectivity index (χ4v) is 18.1. The molecular formula is C85H80N2O2Si. The highest BCUT2D eigenvalue weighted by Gasteiger charge is 2.52. The summed E-state index contributed by atoms with van der Waals surface area (Å²) in [7, 11) is -2.18. The summed E-state index contributed by atoms with van der Waals surface area (Å²) in [4.78, 5) is 4.93. The standard InChI is InChI=1S/C85H80N2O2Si/c1-81(2,3)53-33-35-56(36-34-53)85(58-42-48-74-66(50-58)65-49-57(84(10,11)12)41-47-73(65)90(74,13)14)67-52-70(87(60-27-19-16-20-28-60)62-45-39-55(40-46-62)83(7,8)9)79-76(64-30-22-24-32-72(64)88-79)77(67)78-68(85)51-69(75-63-29-21-23-31-71(63)89-80(75)78)86(59-25-17-15-18-26-59)61-43-37-54(38-44-61)82(4,5)6/h15-52H,1-14H3. The Morgan fingerprint density at radius 3 is 1.24 bits per heavy atom. The number of nitrogens with zero attached hydrogens (tertiary/aromatic N) is 2. The zero-order chi connectivity index (χ0) is 62.6. The van der Waals surface area contributed by atoms with Gasteiger partial charge >= 0.3 is 0 Å². The van der Waals surface area contributed by atoms with Gasteiger partial charge in [0.05, 0.1) is 22.2 Å². The van der Waals surface area contributed by atoms with Crippen molar-refractivity contribution in [2.75, 3.05) is 9.80 Å². The fraction of sp³-hybridized carbons (Fsp3) is 0.224. The Labute approximate surface area is 532 Å². The summed E-state index contributed by atoms with van der Waals surface area (Å²) in [5, 5.41) is 7.18. The molecule has 0 radical (unpaired) electrons. The maximum absolute atomic E-state index is 7.73. The van der Waals surface area contributed by atoms with E-state index in [1.165, 1.54) is 60.4 Å². The maximum atomic E-state index is 7.73. The number of fused-ring (bicyclic) bond motifs is 14. The number of hydrogen-bond acceptors (Lipinski definition) is 4. The zero-order valence-corrected chi connectivity index (χ0v) is 55.7. The molecule has 0 spiro atoms. The molecule has 1 aliphatic carbocycles. The lowest BCUT2D eigenvalue weighted by molar-refractivity contribution is 0.589. The van der Waals surface area contributed by atoms with E-state index in [4.69, 9.17) is 8.83 Å². The van der Waals surface area contributed by atoms with Crippen molar-refractivity contribution in [3.63, 3.8) is 0 Å². The normalized spacial score (nSPS) is 15.4. The molecule has 13 aromatic rings. The van der Waals surface area contributed by atoms with Gasteiger partial charge in [-0.1, -0.05) is 248 Å². The van der Waals surface area contributed by atoms with Crippen LogP contribution in [0.5, 0.6) is 0 Å². The van der Waals surface area contributed by atoms with Gasteiger partial charge in [-0.05, 0) is 167 Å². The molecule has 1 unspecified atom stereocenters. The zero-order valence-electron chi connectivity index (χ0n) is 54.7. The van der Waals surface area contributed by atoms with E-state index in [1.54, 1.807) is 0 Å². The van der Waals surface area contributed by atoms with Gasteiger partial charge in [0, 0.05) is 50.0 Å². The van der Waals surface area contributed by atoms with Crippen LogP contribution in [0.4, 0.5) is 34.1 Å². The molecule has 15 rings (SSSR count). The highest BCUT2D eigenvalue weighted by Crippen LogP contribution is 2.65. The van der Waals surface area contributed by atoms with E-state index < -0.39 is 13.5 Å². The lowest BCUT2D eigenvalue weighted by atomic mass is 9.66. The average molecular weight is 1190 g/mol. The highest BCUT2D eigenvalue weighted by atomic mass is 28.3. The number of anilines is 6. The van der Waals surface area contributed by atoms with Crippen molar-refractivity contribution in [3.8, 4) is 22.3 Å². The monoisotopic (exact) mass is 1190 g/mol. The largest absolute Gasteiger partial charge is 0.455 e. The van der Waals surface area contributed by atoms with E-state index in [9.17, 15) is 0 Å². The van der Waals surface area contributed by atoms with Crippen molar-refractivity contribution in [2.24, 2.45) is 0 Å². The number of para-hydroxylation sites is 4. The third-order valence-electron chi connectivity index (χ3n) is 20.0. The predicted octanol–water partition coefficient (Wildman–Crippen LogP) is 22.8. The minimum atomic E-state index is -2.18. The summed E-state index contributed by atoms with van der Waals surface area (Å²) in [6, 6.07) is 87.5. The maximum Gasteiger partial charge on any atom is 0.160 e. The number of furan rings is 2. The van der Waals surface area contributed by atoms with Crippen molar-refractivity contribution < 1.29 is 8.83 Å². The van der Waals surface area contributed by atoms with Crippen LogP contribution in [0.15, 0.2) is 239 Å². The van der Waals surface area contributed by atoms with Gasteiger partial charge in [0.1, 0.15) is 24.8 Å². The van der Waals surface area contributed by atoms with Crippen molar-refractivity contribution in [1.82, 2.24) is 0 Å². The van der Waals surface area contributed by atoms with Crippen LogP contribution in [0.1, 0.15) is 128 Å². The summed E-state index contributed by atoms with van der Waals surface area (Å²) < 4.78 is 15.3. The molecule has 3 heterocycles. The summed E-state index contributed by atoms with van der Waals surface area (Å²) in [6.45, 7) is 32.8. The molecule has 5 heteroatoms. The molecule has 2 aromatic heterocycles. The Morgan fingerprint density at radius 1 is 0.333 bits per heavy atom. The Hall–Kier alpha value is -9.16. The van der Waals surface area contributed by atoms with Crippen molar-refractivity contribution in [3.05, 3.63) is 275 Å². The first kappa shape index (κ1) is 57.3. The average Bonchev–Trinajstić information content (AvgIpc) is 1.49. The van der Waals surface area contributed by atoms with Gasteiger partial charge in [0.2, 0.25) is 0 Å².